The highest BCUT2D eigenvalue weighted by Gasteiger charge is 2.13. The van der Waals surface area contributed by atoms with Crippen molar-refractivity contribution in [1.82, 2.24) is 0 Å². The van der Waals surface area contributed by atoms with E-state index in [2.05, 4.69) is 38.6 Å². The van der Waals surface area contributed by atoms with Gasteiger partial charge in [0.25, 0.3) is 0 Å². The van der Waals surface area contributed by atoms with Crippen LogP contribution in [0.25, 0.3) is 0 Å². The Morgan fingerprint density at radius 1 is 1.36 bits per heavy atom. The fourth-order valence-electron chi connectivity index (χ4n) is 1.74. The highest BCUT2D eigenvalue weighted by atomic mass is 16.5. The molecule has 0 radical (unpaired) electrons. The fourth-order valence-corrected chi connectivity index (χ4v) is 1.74. The Morgan fingerprint density at radius 2 is 2.14 bits per heavy atom. The molecule has 0 aliphatic carbocycles. The monoisotopic (exact) mass is 188 g/mol. The lowest BCUT2D eigenvalue weighted by molar-refractivity contribution is 0.332. The number of hydrogen-bond acceptors (Lipinski definition) is 1. The number of rotatable bonds is 1. The molecule has 1 aromatic rings. The SMILES string of the molecule is C=C1COc2ccc(C(C)C)cc2C1. The van der Waals surface area contributed by atoms with Gasteiger partial charge in [0.05, 0.1) is 0 Å². The van der Waals surface area contributed by atoms with Gasteiger partial charge in [0.15, 0.2) is 0 Å². The van der Waals surface area contributed by atoms with Gasteiger partial charge in [0, 0.05) is 6.42 Å². The second-order valence-electron chi connectivity index (χ2n) is 4.24. The first-order chi connectivity index (χ1) is 6.66. The van der Waals surface area contributed by atoms with Crippen molar-refractivity contribution >= 4 is 0 Å². The Morgan fingerprint density at radius 3 is 2.86 bits per heavy atom. The molecule has 1 aliphatic heterocycles. The molecule has 0 N–H and O–H groups in total. The minimum Gasteiger partial charge on any atom is -0.489 e. The molecule has 0 aromatic heterocycles. The summed E-state index contributed by atoms with van der Waals surface area (Å²) in [6, 6.07) is 6.47. The fraction of sp³-hybridized carbons (Fsp3) is 0.385. The molecule has 2 rings (SSSR count). The Bertz CT molecular complexity index is 363. The molecule has 0 atom stereocenters. The molecule has 0 saturated carbocycles. The summed E-state index contributed by atoms with van der Waals surface area (Å²) in [4.78, 5) is 0. The molecule has 0 spiro atoms. The van der Waals surface area contributed by atoms with E-state index in [4.69, 9.17) is 4.74 Å². The summed E-state index contributed by atoms with van der Waals surface area (Å²) >= 11 is 0. The molecular formula is C13H16O. The second kappa shape index (κ2) is 3.49. The van der Waals surface area contributed by atoms with Gasteiger partial charge in [0.2, 0.25) is 0 Å². The van der Waals surface area contributed by atoms with Crippen molar-refractivity contribution in [2.24, 2.45) is 0 Å². The molecule has 1 aliphatic rings. The lowest BCUT2D eigenvalue weighted by Gasteiger charge is -2.20. The molecule has 14 heavy (non-hydrogen) atoms. The summed E-state index contributed by atoms with van der Waals surface area (Å²) in [5.74, 6) is 1.61. The maximum absolute atomic E-state index is 5.57. The van der Waals surface area contributed by atoms with Crippen molar-refractivity contribution in [3.05, 3.63) is 41.5 Å². The third-order valence-corrected chi connectivity index (χ3v) is 2.62. The average Bonchev–Trinajstić information content (AvgIpc) is 2.16. The van der Waals surface area contributed by atoms with Crippen LogP contribution in [-0.4, -0.2) is 6.61 Å². The van der Waals surface area contributed by atoms with Gasteiger partial charge in [-0.3, -0.25) is 0 Å². The van der Waals surface area contributed by atoms with Crippen LogP contribution in [0, 0.1) is 0 Å². The van der Waals surface area contributed by atoms with E-state index >= 15 is 0 Å². The van der Waals surface area contributed by atoms with Gasteiger partial charge in [-0.05, 0) is 28.7 Å². The Kier molecular flexibility index (Phi) is 2.32. The van der Waals surface area contributed by atoms with Gasteiger partial charge in [-0.25, -0.2) is 0 Å². The van der Waals surface area contributed by atoms with Gasteiger partial charge in [-0.1, -0.05) is 32.6 Å². The molecule has 1 aromatic carbocycles. The van der Waals surface area contributed by atoms with E-state index in [0.717, 1.165) is 12.2 Å². The summed E-state index contributed by atoms with van der Waals surface area (Å²) in [5.41, 5.74) is 3.83. The van der Waals surface area contributed by atoms with Gasteiger partial charge in [0.1, 0.15) is 12.4 Å². The average molecular weight is 188 g/mol. The smallest absolute Gasteiger partial charge is 0.123 e. The maximum Gasteiger partial charge on any atom is 0.123 e. The third kappa shape index (κ3) is 1.67. The second-order valence-corrected chi connectivity index (χ2v) is 4.24. The highest BCUT2D eigenvalue weighted by Crippen LogP contribution is 2.29. The first-order valence-electron chi connectivity index (χ1n) is 5.09. The van der Waals surface area contributed by atoms with Gasteiger partial charge in [-0.15, -0.1) is 0 Å². The van der Waals surface area contributed by atoms with Crippen molar-refractivity contribution in [3.63, 3.8) is 0 Å². The number of fused-ring (bicyclic) bond motifs is 1. The summed E-state index contributed by atoms with van der Waals surface area (Å²) in [6.07, 6.45) is 0.968. The van der Waals surface area contributed by atoms with Crippen LogP contribution in [0.2, 0.25) is 0 Å². The summed E-state index contributed by atoms with van der Waals surface area (Å²) in [7, 11) is 0. The van der Waals surface area contributed by atoms with E-state index in [9.17, 15) is 0 Å². The molecule has 0 unspecified atom stereocenters. The molecule has 0 bridgehead atoms. The van der Waals surface area contributed by atoms with Crippen molar-refractivity contribution in [3.8, 4) is 5.75 Å². The lowest BCUT2D eigenvalue weighted by Crippen LogP contribution is -2.11. The number of ether oxygens (including phenoxy) is 1. The van der Waals surface area contributed by atoms with E-state index in [1.807, 2.05) is 0 Å². The van der Waals surface area contributed by atoms with Crippen LogP contribution in [0.4, 0.5) is 0 Å². The molecule has 74 valence electrons. The summed E-state index contributed by atoms with van der Waals surface area (Å²) in [6.45, 7) is 9.05. The van der Waals surface area contributed by atoms with Crippen LogP contribution < -0.4 is 4.74 Å². The van der Waals surface area contributed by atoms with Gasteiger partial charge >= 0.3 is 0 Å². The summed E-state index contributed by atoms with van der Waals surface area (Å²) in [5, 5.41) is 0. The molecule has 1 heteroatoms. The zero-order valence-corrected chi connectivity index (χ0v) is 8.84. The standard InChI is InChI=1S/C13H16O/c1-9(2)11-4-5-13-12(7-11)6-10(3)8-14-13/h4-5,7,9H,3,6,8H2,1-2H3. The van der Waals surface area contributed by atoms with Crippen LogP contribution in [0.5, 0.6) is 5.75 Å². The quantitative estimate of drug-likeness (QED) is 0.614. The first-order valence-corrected chi connectivity index (χ1v) is 5.09. The van der Waals surface area contributed by atoms with Gasteiger partial charge in [-0.2, -0.15) is 0 Å². The highest BCUT2D eigenvalue weighted by molar-refractivity contribution is 5.42. The first kappa shape index (κ1) is 9.32. The minimum atomic E-state index is 0.579. The normalized spacial score (nSPS) is 15.2. The van der Waals surface area contributed by atoms with E-state index in [-0.39, 0.29) is 0 Å². The Hall–Kier alpha value is -1.24. The largest absolute Gasteiger partial charge is 0.489 e. The van der Waals surface area contributed by atoms with E-state index in [1.165, 1.54) is 16.7 Å². The van der Waals surface area contributed by atoms with Crippen molar-refractivity contribution in [2.45, 2.75) is 26.2 Å². The topological polar surface area (TPSA) is 9.23 Å². The van der Waals surface area contributed by atoms with Crippen LogP contribution in [0.15, 0.2) is 30.4 Å². The molecule has 0 amide bonds. The van der Waals surface area contributed by atoms with Crippen LogP contribution >= 0.6 is 0 Å². The predicted molar refractivity (Wildman–Crippen MR) is 58.9 cm³/mol. The zero-order valence-electron chi connectivity index (χ0n) is 8.84. The molecule has 0 saturated heterocycles. The van der Waals surface area contributed by atoms with E-state index < -0.39 is 0 Å². The van der Waals surface area contributed by atoms with Crippen molar-refractivity contribution < 1.29 is 4.74 Å². The zero-order chi connectivity index (χ0) is 10.1. The van der Waals surface area contributed by atoms with E-state index in [1.54, 1.807) is 0 Å². The summed E-state index contributed by atoms with van der Waals surface area (Å²) < 4.78 is 5.57. The predicted octanol–water partition coefficient (Wildman–Crippen LogP) is 3.30. The number of hydrogen-bond donors (Lipinski definition) is 0. The Labute approximate surface area is 85.4 Å². The minimum absolute atomic E-state index is 0.579. The maximum atomic E-state index is 5.57. The van der Waals surface area contributed by atoms with Crippen molar-refractivity contribution in [2.75, 3.05) is 6.61 Å². The molecule has 0 fully saturated rings. The van der Waals surface area contributed by atoms with Crippen LogP contribution in [0.1, 0.15) is 30.9 Å². The number of benzene rings is 1. The van der Waals surface area contributed by atoms with Crippen molar-refractivity contribution in [1.29, 1.82) is 0 Å². The van der Waals surface area contributed by atoms with E-state index in [0.29, 0.717) is 12.5 Å². The third-order valence-electron chi connectivity index (χ3n) is 2.62. The lowest BCUT2D eigenvalue weighted by atomic mass is 9.96. The van der Waals surface area contributed by atoms with Crippen LogP contribution in [-0.2, 0) is 6.42 Å². The van der Waals surface area contributed by atoms with Gasteiger partial charge < -0.3 is 4.74 Å². The molecule has 1 nitrogen and oxygen atoms in total. The molecular weight excluding hydrogens is 172 g/mol. The van der Waals surface area contributed by atoms with Crippen LogP contribution in [0.3, 0.4) is 0 Å². The Balaban J connectivity index is 2.37. The molecule has 1 heterocycles.